The molecule has 0 amide bonds. The van der Waals surface area contributed by atoms with Gasteiger partial charge in [0.05, 0.1) is 6.54 Å². The molecule has 3 nitrogen and oxygen atoms in total. The molecule has 0 bridgehead atoms. The molecule has 1 aromatic rings. The number of hydrogen-bond acceptors (Lipinski definition) is 3. The number of amidine groups is 1. The van der Waals surface area contributed by atoms with Gasteiger partial charge >= 0.3 is 0 Å². The first-order valence-electron chi connectivity index (χ1n) is 6.51. The Hall–Kier alpha value is -1.62. The highest BCUT2D eigenvalue weighted by Gasteiger charge is 2.23. The summed E-state index contributed by atoms with van der Waals surface area (Å²) in [6.07, 6.45) is 2.11. The molecule has 20 heavy (non-hydrogen) atoms. The van der Waals surface area contributed by atoms with Crippen LogP contribution in [0.25, 0.3) is 0 Å². The molecule has 1 aromatic carbocycles. The van der Waals surface area contributed by atoms with Crippen molar-refractivity contribution in [2.24, 2.45) is 15.9 Å². The lowest BCUT2D eigenvalue weighted by atomic mass is 9.93. The van der Waals surface area contributed by atoms with Crippen molar-refractivity contribution in [3.63, 3.8) is 0 Å². The van der Waals surface area contributed by atoms with Crippen LogP contribution in [0.1, 0.15) is 25.8 Å². The molecule has 3 rings (SSSR count). The monoisotopic (exact) mass is 279 g/mol. The molecule has 1 fully saturated rings. The van der Waals surface area contributed by atoms with Crippen LogP contribution in [0.3, 0.4) is 0 Å². The van der Waals surface area contributed by atoms with Gasteiger partial charge in [0, 0.05) is 23.3 Å². The Labute approximate surface area is 117 Å². The summed E-state index contributed by atoms with van der Waals surface area (Å²) in [5, 5.41) is 3.30. The molecule has 5 heteroatoms. The van der Waals surface area contributed by atoms with E-state index in [1.165, 1.54) is 12.1 Å². The van der Waals surface area contributed by atoms with Gasteiger partial charge in [-0.05, 0) is 38.1 Å². The van der Waals surface area contributed by atoms with Gasteiger partial charge in [-0.2, -0.15) is 0 Å². The lowest BCUT2D eigenvalue weighted by Gasteiger charge is -2.22. The Morgan fingerprint density at radius 1 is 1.05 bits per heavy atom. The maximum atomic E-state index is 13.2. The summed E-state index contributed by atoms with van der Waals surface area (Å²) in [7, 11) is 0. The molecular formula is C15H19F2N3. The molecular weight excluding hydrogens is 260 g/mol. The summed E-state index contributed by atoms with van der Waals surface area (Å²) in [5.41, 5.74) is 1.46. The molecule has 0 saturated carbocycles. The van der Waals surface area contributed by atoms with Gasteiger partial charge in [-0.3, -0.25) is 4.99 Å². The van der Waals surface area contributed by atoms with Crippen molar-refractivity contribution in [1.29, 1.82) is 0 Å². The van der Waals surface area contributed by atoms with Crippen LogP contribution in [0.5, 0.6) is 0 Å². The Morgan fingerprint density at radius 2 is 1.70 bits per heavy atom. The minimum absolute atomic E-state index is 0. The van der Waals surface area contributed by atoms with E-state index in [1.807, 2.05) is 0 Å². The maximum absolute atomic E-state index is 13.2. The van der Waals surface area contributed by atoms with Crippen LogP contribution in [0.2, 0.25) is 0 Å². The molecule has 1 saturated heterocycles. The van der Waals surface area contributed by atoms with Crippen molar-refractivity contribution in [3.8, 4) is 0 Å². The van der Waals surface area contributed by atoms with Gasteiger partial charge < -0.3 is 5.32 Å². The van der Waals surface area contributed by atoms with Gasteiger partial charge in [-0.15, -0.1) is 0 Å². The zero-order valence-electron chi connectivity index (χ0n) is 10.5. The van der Waals surface area contributed by atoms with Crippen LogP contribution >= 0.6 is 0 Å². The van der Waals surface area contributed by atoms with Gasteiger partial charge in [0.2, 0.25) is 0 Å². The lowest BCUT2D eigenvalue weighted by Crippen LogP contribution is -2.32. The third-order valence-corrected chi connectivity index (χ3v) is 3.57. The van der Waals surface area contributed by atoms with Crippen molar-refractivity contribution in [3.05, 3.63) is 35.4 Å². The summed E-state index contributed by atoms with van der Waals surface area (Å²) in [5.74, 6) is -0.292. The molecule has 0 aromatic heterocycles. The minimum Gasteiger partial charge on any atom is -0.317 e. The fourth-order valence-corrected chi connectivity index (χ4v) is 2.58. The van der Waals surface area contributed by atoms with Crippen LogP contribution in [0.15, 0.2) is 28.2 Å². The lowest BCUT2D eigenvalue weighted by molar-refractivity contribution is 0.455. The molecule has 0 radical (unpaired) electrons. The Bertz CT molecular complexity index is 526. The van der Waals surface area contributed by atoms with Crippen molar-refractivity contribution < 1.29 is 8.78 Å². The van der Waals surface area contributed by atoms with Crippen LogP contribution in [-0.2, 0) is 0 Å². The summed E-state index contributed by atoms with van der Waals surface area (Å²) < 4.78 is 26.4. The van der Waals surface area contributed by atoms with Crippen molar-refractivity contribution in [2.75, 3.05) is 19.6 Å². The summed E-state index contributed by atoms with van der Waals surface area (Å²) >= 11 is 0. The van der Waals surface area contributed by atoms with Crippen LogP contribution < -0.4 is 5.32 Å². The van der Waals surface area contributed by atoms with E-state index < -0.39 is 11.6 Å². The first-order chi connectivity index (χ1) is 9.22. The highest BCUT2D eigenvalue weighted by molar-refractivity contribution is 6.12. The minimum atomic E-state index is -0.594. The fraction of sp³-hybridized carbons (Fsp3) is 0.467. The van der Waals surface area contributed by atoms with Crippen molar-refractivity contribution in [1.82, 2.24) is 5.32 Å². The number of piperidine rings is 1. The third kappa shape index (κ3) is 3.10. The van der Waals surface area contributed by atoms with Crippen LogP contribution in [0, 0.1) is 17.6 Å². The second-order valence-corrected chi connectivity index (χ2v) is 4.93. The third-order valence-electron chi connectivity index (χ3n) is 3.57. The number of rotatable bonds is 2. The quantitative estimate of drug-likeness (QED) is 0.888. The van der Waals surface area contributed by atoms with Gasteiger partial charge in [-0.1, -0.05) is 7.43 Å². The first-order valence-corrected chi connectivity index (χ1v) is 6.51. The largest absolute Gasteiger partial charge is 0.317 e. The smallest absolute Gasteiger partial charge is 0.155 e. The van der Waals surface area contributed by atoms with Crippen LogP contribution in [-0.4, -0.2) is 31.2 Å². The van der Waals surface area contributed by atoms with E-state index >= 15 is 0 Å². The second kappa shape index (κ2) is 6.22. The van der Waals surface area contributed by atoms with E-state index in [-0.39, 0.29) is 7.43 Å². The zero-order valence-corrected chi connectivity index (χ0v) is 10.5. The Balaban J connectivity index is 0.00000147. The van der Waals surface area contributed by atoms with Crippen molar-refractivity contribution in [2.45, 2.75) is 20.3 Å². The number of nitrogens with zero attached hydrogens (tertiary/aromatic N) is 2. The van der Waals surface area contributed by atoms with Crippen LogP contribution in [0.4, 0.5) is 8.78 Å². The predicted octanol–water partition coefficient (Wildman–Crippen LogP) is 2.80. The normalized spacial score (nSPS) is 19.3. The molecule has 2 heterocycles. The molecule has 2 aliphatic heterocycles. The average molecular weight is 279 g/mol. The fourth-order valence-electron chi connectivity index (χ4n) is 2.58. The summed E-state index contributed by atoms with van der Waals surface area (Å²) in [4.78, 5) is 8.77. The van der Waals surface area contributed by atoms with E-state index in [2.05, 4.69) is 15.3 Å². The van der Waals surface area contributed by atoms with E-state index in [9.17, 15) is 8.78 Å². The zero-order chi connectivity index (χ0) is 13.2. The summed E-state index contributed by atoms with van der Waals surface area (Å²) in [6.45, 7) is 2.54. The summed E-state index contributed by atoms with van der Waals surface area (Å²) in [6, 6.07) is 3.41. The van der Waals surface area contributed by atoms with E-state index in [0.717, 1.165) is 37.7 Å². The van der Waals surface area contributed by atoms with E-state index in [1.54, 1.807) is 0 Å². The highest BCUT2D eigenvalue weighted by Crippen LogP contribution is 2.19. The first kappa shape index (κ1) is 14.8. The molecule has 108 valence electrons. The number of halogens is 2. The molecule has 0 aliphatic carbocycles. The maximum Gasteiger partial charge on any atom is 0.155 e. The second-order valence-electron chi connectivity index (χ2n) is 4.93. The van der Waals surface area contributed by atoms with E-state index in [4.69, 9.17) is 0 Å². The Kier molecular flexibility index (Phi) is 4.60. The number of hydrogen-bond donors (Lipinski definition) is 1. The van der Waals surface area contributed by atoms with Gasteiger partial charge in [-0.25, -0.2) is 13.8 Å². The molecule has 0 atom stereocenters. The highest BCUT2D eigenvalue weighted by atomic mass is 19.1. The number of nitrogens with one attached hydrogen (secondary N) is 1. The van der Waals surface area contributed by atoms with E-state index in [0.29, 0.717) is 23.9 Å². The standard InChI is InChI=1S/C14H15F2N3.CH4/c15-11-5-10(6-12(16)7-11)14-18-8-13(19-14)9-1-3-17-4-2-9;/h5-7,9,17H,1-4,8H2;1H4. The molecule has 0 spiro atoms. The topological polar surface area (TPSA) is 36.8 Å². The average Bonchev–Trinajstić information content (AvgIpc) is 2.88. The number of benzene rings is 1. The van der Waals surface area contributed by atoms with Crippen molar-refractivity contribution >= 4 is 11.5 Å². The molecule has 0 unspecified atom stereocenters. The van der Waals surface area contributed by atoms with Gasteiger partial charge in [0.1, 0.15) is 11.6 Å². The Morgan fingerprint density at radius 3 is 2.35 bits per heavy atom. The SMILES string of the molecule is C.Fc1cc(F)cc(C2=NCC(C3CCNCC3)=N2)c1. The van der Waals surface area contributed by atoms with Gasteiger partial charge in [0.25, 0.3) is 0 Å². The predicted molar refractivity (Wildman–Crippen MR) is 77.5 cm³/mol. The van der Waals surface area contributed by atoms with Gasteiger partial charge in [0.15, 0.2) is 5.84 Å². The molecule has 2 aliphatic rings. The number of aliphatic imine (C=N–C) groups is 2. The molecule has 1 N–H and O–H groups in total.